The van der Waals surface area contributed by atoms with Crippen molar-refractivity contribution in [1.29, 1.82) is 0 Å². The summed E-state index contributed by atoms with van der Waals surface area (Å²) in [5.41, 5.74) is 8.07. The number of nitrogen functional groups attached to an aromatic ring is 1. The van der Waals surface area contributed by atoms with Gasteiger partial charge in [0.05, 0.1) is 27.1 Å². The number of rotatable bonds is 2. The number of anilines is 3. The topological polar surface area (TPSA) is 50.9 Å². The maximum atomic E-state index is 6.09. The third kappa shape index (κ3) is 2.71. The lowest BCUT2D eigenvalue weighted by atomic mass is 10.2. The molecule has 0 amide bonds. The molecule has 0 saturated carbocycles. The summed E-state index contributed by atoms with van der Waals surface area (Å²) in [7, 11) is 0. The van der Waals surface area contributed by atoms with E-state index >= 15 is 0 Å². The summed E-state index contributed by atoms with van der Waals surface area (Å²) in [5.74, 6) is 0.658. The molecule has 0 spiro atoms. The molecule has 2 rings (SSSR count). The Balaban J connectivity index is 2.37. The predicted octanol–water partition coefficient (Wildman–Crippen LogP) is 4.79. The van der Waals surface area contributed by atoms with Crippen LogP contribution in [0.2, 0.25) is 10.0 Å². The van der Waals surface area contributed by atoms with E-state index in [0.29, 0.717) is 21.6 Å². The highest BCUT2D eigenvalue weighted by Gasteiger charge is 2.09. The van der Waals surface area contributed by atoms with Gasteiger partial charge in [0.25, 0.3) is 0 Å². The van der Waals surface area contributed by atoms with Gasteiger partial charge in [-0.05, 0) is 46.6 Å². The maximum absolute atomic E-state index is 6.09. The second-order valence-corrected chi connectivity index (χ2v) is 5.39. The van der Waals surface area contributed by atoms with E-state index < -0.39 is 0 Å². The number of hydrogen-bond acceptors (Lipinski definition) is 3. The Kier molecular flexibility index (Phi) is 4.00. The maximum Gasteiger partial charge on any atom is 0.145 e. The number of aromatic nitrogens is 1. The van der Waals surface area contributed by atoms with Gasteiger partial charge in [0.1, 0.15) is 5.82 Å². The van der Waals surface area contributed by atoms with Crippen molar-refractivity contribution in [2.24, 2.45) is 0 Å². The largest absolute Gasteiger partial charge is 0.397 e. The molecule has 0 fully saturated rings. The normalized spacial score (nSPS) is 10.4. The van der Waals surface area contributed by atoms with Crippen LogP contribution in [0.1, 0.15) is 5.56 Å². The molecule has 0 unspecified atom stereocenters. The van der Waals surface area contributed by atoms with Crippen LogP contribution in [0.15, 0.2) is 28.9 Å². The van der Waals surface area contributed by atoms with Crippen molar-refractivity contribution in [1.82, 2.24) is 4.98 Å². The highest BCUT2D eigenvalue weighted by Crippen LogP contribution is 2.33. The van der Waals surface area contributed by atoms with Gasteiger partial charge in [0.2, 0.25) is 0 Å². The molecule has 2 aromatic rings. The van der Waals surface area contributed by atoms with Crippen LogP contribution >= 0.6 is 39.1 Å². The van der Waals surface area contributed by atoms with Crippen molar-refractivity contribution < 1.29 is 0 Å². The van der Waals surface area contributed by atoms with Gasteiger partial charge in [-0.1, -0.05) is 23.2 Å². The summed E-state index contributed by atoms with van der Waals surface area (Å²) >= 11 is 15.4. The van der Waals surface area contributed by atoms with E-state index in [2.05, 4.69) is 26.2 Å². The van der Waals surface area contributed by atoms with Crippen molar-refractivity contribution >= 4 is 56.3 Å². The number of nitrogens with two attached hydrogens (primary N) is 1. The number of hydrogen-bond donors (Lipinski definition) is 2. The second-order valence-electron chi connectivity index (χ2n) is 3.75. The van der Waals surface area contributed by atoms with Gasteiger partial charge in [-0.2, -0.15) is 0 Å². The molecular weight excluding hydrogens is 337 g/mol. The van der Waals surface area contributed by atoms with Crippen LogP contribution in [0.25, 0.3) is 0 Å². The lowest BCUT2D eigenvalue weighted by Crippen LogP contribution is -1.99. The molecule has 0 aliphatic heterocycles. The molecule has 1 aromatic carbocycles. The lowest BCUT2D eigenvalue weighted by molar-refractivity contribution is 1.25. The van der Waals surface area contributed by atoms with E-state index in [9.17, 15) is 0 Å². The molecule has 6 heteroatoms. The molecule has 0 aliphatic carbocycles. The summed E-state index contributed by atoms with van der Waals surface area (Å²) in [5, 5.41) is 4.25. The zero-order valence-electron chi connectivity index (χ0n) is 9.47. The average Bonchev–Trinajstić information content (AvgIpc) is 2.33. The van der Waals surface area contributed by atoms with Crippen molar-refractivity contribution in [3.05, 3.63) is 44.5 Å². The van der Waals surface area contributed by atoms with Gasteiger partial charge >= 0.3 is 0 Å². The highest BCUT2D eigenvalue weighted by atomic mass is 79.9. The van der Waals surface area contributed by atoms with Crippen LogP contribution in [-0.4, -0.2) is 4.98 Å². The Morgan fingerprint density at radius 1 is 1.33 bits per heavy atom. The number of pyridine rings is 1. The van der Waals surface area contributed by atoms with Gasteiger partial charge in [0.15, 0.2) is 0 Å². The van der Waals surface area contributed by atoms with E-state index in [0.717, 1.165) is 15.7 Å². The van der Waals surface area contributed by atoms with E-state index in [1.165, 1.54) is 0 Å². The molecule has 1 heterocycles. The number of halogens is 3. The minimum absolute atomic E-state index is 0.533. The van der Waals surface area contributed by atoms with Crippen LogP contribution in [0.5, 0.6) is 0 Å². The van der Waals surface area contributed by atoms with Crippen molar-refractivity contribution in [3.63, 3.8) is 0 Å². The quantitative estimate of drug-likeness (QED) is 0.822. The zero-order valence-corrected chi connectivity index (χ0v) is 12.6. The Bertz CT molecular complexity index is 602. The van der Waals surface area contributed by atoms with Crippen LogP contribution < -0.4 is 11.1 Å². The molecule has 0 saturated heterocycles. The first-order valence-corrected chi connectivity index (χ1v) is 6.66. The fourth-order valence-corrected chi connectivity index (χ4v) is 2.28. The van der Waals surface area contributed by atoms with Crippen molar-refractivity contribution in [2.75, 3.05) is 11.1 Å². The molecular formula is C12H10BrCl2N3. The molecule has 3 N–H and O–H groups in total. The van der Waals surface area contributed by atoms with E-state index in [1.54, 1.807) is 24.4 Å². The second kappa shape index (κ2) is 5.34. The Labute approximate surface area is 123 Å². The van der Waals surface area contributed by atoms with Gasteiger partial charge in [-0.15, -0.1) is 0 Å². The monoisotopic (exact) mass is 345 g/mol. The van der Waals surface area contributed by atoms with Crippen molar-refractivity contribution in [2.45, 2.75) is 6.92 Å². The molecule has 18 heavy (non-hydrogen) atoms. The molecule has 94 valence electrons. The van der Waals surface area contributed by atoms with Gasteiger partial charge in [-0.25, -0.2) is 4.98 Å². The van der Waals surface area contributed by atoms with Crippen molar-refractivity contribution in [3.8, 4) is 0 Å². The lowest BCUT2D eigenvalue weighted by Gasteiger charge is -2.12. The first-order valence-electron chi connectivity index (χ1n) is 5.11. The Morgan fingerprint density at radius 2 is 2.06 bits per heavy atom. The summed E-state index contributed by atoms with van der Waals surface area (Å²) in [6, 6.07) is 5.22. The SMILES string of the molecule is Cc1c(N)cnc(Nc2ccc(Cl)cc2Cl)c1Br. The third-order valence-corrected chi connectivity index (χ3v) is 4.01. The molecule has 0 aliphatic rings. The van der Waals surface area contributed by atoms with Gasteiger partial charge in [-0.3, -0.25) is 0 Å². The van der Waals surface area contributed by atoms with E-state index in [4.69, 9.17) is 28.9 Å². The fourth-order valence-electron chi connectivity index (χ4n) is 1.40. The minimum atomic E-state index is 0.533. The number of benzene rings is 1. The molecule has 0 bridgehead atoms. The Morgan fingerprint density at radius 3 is 2.72 bits per heavy atom. The average molecular weight is 347 g/mol. The summed E-state index contributed by atoms with van der Waals surface area (Å²) in [4.78, 5) is 4.22. The molecule has 0 atom stereocenters. The third-order valence-electron chi connectivity index (χ3n) is 2.49. The van der Waals surface area contributed by atoms with Crippen LogP contribution in [0.4, 0.5) is 17.2 Å². The van der Waals surface area contributed by atoms with E-state index in [1.807, 2.05) is 6.92 Å². The summed E-state index contributed by atoms with van der Waals surface area (Å²) < 4.78 is 0.813. The predicted molar refractivity (Wildman–Crippen MR) is 80.8 cm³/mol. The standard InChI is InChI=1S/C12H10BrCl2N3/c1-6-9(16)5-17-12(11(6)13)18-10-3-2-7(14)4-8(10)15/h2-5H,16H2,1H3,(H,17,18). The molecule has 0 radical (unpaired) electrons. The smallest absolute Gasteiger partial charge is 0.145 e. The first kappa shape index (κ1) is 13.5. The highest BCUT2D eigenvalue weighted by molar-refractivity contribution is 9.10. The summed E-state index contributed by atoms with van der Waals surface area (Å²) in [6.07, 6.45) is 1.60. The molecule has 3 nitrogen and oxygen atoms in total. The summed E-state index contributed by atoms with van der Waals surface area (Å²) in [6.45, 7) is 1.91. The molecule has 1 aromatic heterocycles. The van der Waals surface area contributed by atoms with Gasteiger partial charge < -0.3 is 11.1 Å². The van der Waals surface area contributed by atoms with Gasteiger partial charge in [0, 0.05) is 5.02 Å². The Hall–Kier alpha value is -0.970. The fraction of sp³-hybridized carbons (Fsp3) is 0.0833. The number of nitrogens with zero attached hydrogens (tertiary/aromatic N) is 1. The first-order chi connectivity index (χ1) is 8.49. The van der Waals surface area contributed by atoms with Crippen LogP contribution in [0.3, 0.4) is 0 Å². The van der Waals surface area contributed by atoms with Crippen LogP contribution in [0, 0.1) is 6.92 Å². The minimum Gasteiger partial charge on any atom is -0.397 e. The zero-order chi connectivity index (χ0) is 13.3. The van der Waals surface area contributed by atoms with E-state index in [-0.39, 0.29) is 0 Å². The number of nitrogens with one attached hydrogen (secondary N) is 1. The van der Waals surface area contributed by atoms with Crippen LogP contribution in [-0.2, 0) is 0 Å².